The molecule has 248 valence electrons. The molecule has 1 unspecified atom stereocenters. The smallest absolute Gasteiger partial charge is 0.355 e. The van der Waals surface area contributed by atoms with Gasteiger partial charge in [0.15, 0.2) is 0 Å². The van der Waals surface area contributed by atoms with E-state index >= 15 is 0 Å². The highest BCUT2D eigenvalue weighted by Crippen LogP contribution is 2.35. The number of nitrogens with one attached hydrogen (secondary N) is 1. The lowest BCUT2D eigenvalue weighted by Crippen LogP contribution is -2.28. The molecule has 49 heavy (non-hydrogen) atoms. The maximum Gasteiger partial charge on any atom is 0.355 e. The van der Waals surface area contributed by atoms with Crippen LogP contribution in [-0.4, -0.2) is 32.3 Å². The van der Waals surface area contributed by atoms with Gasteiger partial charge < -0.3 is 14.6 Å². The Balaban J connectivity index is 1.30. The van der Waals surface area contributed by atoms with Crippen molar-refractivity contribution in [1.82, 2.24) is 9.88 Å². The standard InChI is InChI=1S/C36H27BrClN3O6S2/c1-47-36(44)33-32(23-5-3-2-4-6-23)30-19-25(37)11-17-29(30)35(43)40(33)21-22-7-14-27(15-8-22)41(49(45)46)31-18-16-28(48-31)20-39-34(42)24-9-12-26(38)13-10-24/h2-19H,20-21H2,1H3,(H,39,42)(H,45,46)/p-1. The summed E-state index contributed by atoms with van der Waals surface area (Å²) in [5, 5.41) is 4.81. The lowest BCUT2D eigenvalue weighted by molar-refractivity contribution is 0.0588. The molecule has 0 saturated heterocycles. The third-order valence-corrected chi connectivity index (χ3v) is 10.3. The van der Waals surface area contributed by atoms with Crippen LogP contribution in [0.15, 0.2) is 118 Å². The second-order valence-electron chi connectivity index (χ2n) is 10.8. The highest BCUT2D eigenvalue weighted by atomic mass is 79.9. The van der Waals surface area contributed by atoms with Crippen LogP contribution in [0.25, 0.3) is 21.9 Å². The van der Waals surface area contributed by atoms with Crippen LogP contribution in [0.5, 0.6) is 0 Å². The highest BCUT2D eigenvalue weighted by Gasteiger charge is 2.24. The SMILES string of the molecule is COC(=O)c1c(-c2ccccc2)c2cc(Br)ccc2c(=O)n1Cc1ccc(N(c2ccc(CNC(=O)c3ccc(Cl)cc3)s2)S(=O)[O-])cc1. The number of methoxy groups -OCH3 is 1. The Kier molecular flexibility index (Phi) is 10.4. The number of carbonyl (C=O) groups excluding carboxylic acids is 2. The first-order valence-corrected chi connectivity index (χ1v) is 17.8. The molecular weight excluding hydrogens is 750 g/mol. The number of anilines is 2. The van der Waals surface area contributed by atoms with Gasteiger partial charge in [0.05, 0.1) is 37.2 Å². The van der Waals surface area contributed by atoms with E-state index in [4.69, 9.17) is 16.3 Å². The predicted molar refractivity (Wildman–Crippen MR) is 196 cm³/mol. The molecule has 0 aliphatic rings. The normalized spacial score (nSPS) is 11.7. The molecule has 6 rings (SSSR count). The molecule has 0 saturated carbocycles. The van der Waals surface area contributed by atoms with Crippen LogP contribution in [-0.2, 0) is 29.1 Å². The molecule has 2 heterocycles. The molecule has 1 amide bonds. The van der Waals surface area contributed by atoms with Gasteiger partial charge in [-0.1, -0.05) is 70.0 Å². The number of aromatic nitrogens is 1. The first kappa shape index (κ1) is 34.3. The zero-order valence-electron chi connectivity index (χ0n) is 25.7. The number of hydrogen-bond acceptors (Lipinski definition) is 7. The van der Waals surface area contributed by atoms with Crippen molar-refractivity contribution in [3.8, 4) is 11.1 Å². The number of pyridine rings is 1. The molecule has 13 heteroatoms. The van der Waals surface area contributed by atoms with E-state index in [-0.39, 0.29) is 30.2 Å². The van der Waals surface area contributed by atoms with E-state index in [2.05, 4.69) is 21.2 Å². The van der Waals surface area contributed by atoms with Crippen molar-refractivity contribution in [2.45, 2.75) is 13.1 Å². The fourth-order valence-electron chi connectivity index (χ4n) is 5.42. The summed E-state index contributed by atoms with van der Waals surface area (Å²) in [7, 11) is 1.27. The van der Waals surface area contributed by atoms with E-state index in [0.717, 1.165) is 19.2 Å². The van der Waals surface area contributed by atoms with Crippen LogP contribution in [0, 0.1) is 0 Å². The molecule has 2 aromatic heterocycles. The summed E-state index contributed by atoms with van der Waals surface area (Å²) in [5.41, 5.74) is 2.50. The molecule has 9 nitrogen and oxygen atoms in total. The summed E-state index contributed by atoms with van der Waals surface area (Å²) in [4.78, 5) is 40.5. The average molecular weight is 776 g/mol. The minimum Gasteiger partial charge on any atom is -0.755 e. The minimum atomic E-state index is -2.66. The topological polar surface area (TPSA) is 121 Å². The maximum absolute atomic E-state index is 13.9. The van der Waals surface area contributed by atoms with Gasteiger partial charge in [0, 0.05) is 30.9 Å². The summed E-state index contributed by atoms with van der Waals surface area (Å²) in [6.45, 7) is 0.224. The number of ether oxygens (including phenoxy) is 1. The molecule has 0 radical (unpaired) electrons. The van der Waals surface area contributed by atoms with Gasteiger partial charge in [-0.25, -0.2) is 4.79 Å². The summed E-state index contributed by atoms with van der Waals surface area (Å²) in [6.07, 6.45) is 0. The predicted octanol–water partition coefficient (Wildman–Crippen LogP) is 7.84. The van der Waals surface area contributed by atoms with Crippen molar-refractivity contribution >= 4 is 83.5 Å². The number of benzene rings is 4. The van der Waals surface area contributed by atoms with Crippen LogP contribution >= 0.6 is 38.9 Å². The van der Waals surface area contributed by atoms with E-state index in [1.54, 1.807) is 72.8 Å². The Morgan fingerprint density at radius 3 is 2.35 bits per heavy atom. The van der Waals surface area contributed by atoms with Gasteiger partial charge in [-0.05, 0) is 83.2 Å². The van der Waals surface area contributed by atoms with Crippen molar-refractivity contribution < 1.29 is 23.1 Å². The van der Waals surface area contributed by atoms with Crippen LogP contribution in [0.2, 0.25) is 5.02 Å². The van der Waals surface area contributed by atoms with Crippen molar-refractivity contribution in [2.24, 2.45) is 0 Å². The van der Waals surface area contributed by atoms with Gasteiger partial charge in [-0.15, -0.1) is 11.3 Å². The second kappa shape index (κ2) is 14.9. The maximum atomic E-state index is 13.9. The van der Waals surface area contributed by atoms with E-state index in [1.807, 2.05) is 36.4 Å². The van der Waals surface area contributed by atoms with Crippen molar-refractivity contribution in [3.63, 3.8) is 0 Å². The number of rotatable bonds is 10. The monoisotopic (exact) mass is 774 g/mol. The van der Waals surface area contributed by atoms with Crippen LogP contribution in [0.4, 0.5) is 10.7 Å². The minimum absolute atomic E-state index is 0.0202. The first-order chi connectivity index (χ1) is 23.6. The molecule has 4 aromatic carbocycles. The van der Waals surface area contributed by atoms with Crippen molar-refractivity contribution in [2.75, 3.05) is 11.4 Å². The Labute approximate surface area is 301 Å². The molecular formula is C36H26BrClN3O6S2-. The fourth-order valence-corrected chi connectivity index (χ4v) is 7.58. The molecule has 6 aromatic rings. The Bertz CT molecular complexity index is 2260. The Morgan fingerprint density at radius 2 is 1.67 bits per heavy atom. The molecule has 0 bridgehead atoms. The molecule has 0 aliphatic heterocycles. The number of hydrogen-bond donors (Lipinski definition) is 1. The lowest BCUT2D eigenvalue weighted by Gasteiger charge is -2.25. The van der Waals surface area contributed by atoms with Crippen LogP contribution in [0.3, 0.4) is 0 Å². The molecule has 1 atom stereocenters. The number of amides is 1. The van der Waals surface area contributed by atoms with Gasteiger partial charge in [0.1, 0.15) is 10.7 Å². The summed E-state index contributed by atoms with van der Waals surface area (Å²) in [5.74, 6) is -0.948. The quantitative estimate of drug-likeness (QED) is 0.112. The van der Waals surface area contributed by atoms with E-state index in [9.17, 15) is 23.1 Å². The highest BCUT2D eigenvalue weighted by molar-refractivity contribution is 9.10. The molecule has 1 N–H and O–H groups in total. The molecule has 0 aliphatic carbocycles. The van der Waals surface area contributed by atoms with Gasteiger partial charge in [0.25, 0.3) is 11.5 Å². The zero-order chi connectivity index (χ0) is 34.7. The number of esters is 1. The first-order valence-electron chi connectivity index (χ1n) is 14.8. The summed E-state index contributed by atoms with van der Waals surface area (Å²) >= 11 is 7.95. The average Bonchev–Trinajstić information content (AvgIpc) is 3.57. The zero-order valence-corrected chi connectivity index (χ0v) is 29.7. The van der Waals surface area contributed by atoms with Gasteiger partial charge in [-0.3, -0.25) is 22.7 Å². The van der Waals surface area contributed by atoms with Crippen molar-refractivity contribution in [3.05, 3.63) is 151 Å². The number of fused-ring (bicyclic) bond motifs is 1. The number of carbonyl (C=O) groups is 2. The summed E-state index contributed by atoms with van der Waals surface area (Å²) < 4.78 is 33.3. The van der Waals surface area contributed by atoms with Gasteiger partial charge >= 0.3 is 5.97 Å². The van der Waals surface area contributed by atoms with E-state index in [1.165, 1.54) is 23.0 Å². The van der Waals surface area contributed by atoms with E-state index < -0.39 is 17.2 Å². The van der Waals surface area contributed by atoms with Gasteiger partial charge in [0.2, 0.25) is 0 Å². The number of halogens is 2. The number of thiophene rings is 1. The van der Waals surface area contributed by atoms with Crippen LogP contribution < -0.4 is 15.2 Å². The summed E-state index contributed by atoms with van der Waals surface area (Å²) in [6, 6.07) is 31.2. The third kappa shape index (κ3) is 7.38. The molecule has 0 spiro atoms. The Morgan fingerprint density at radius 1 is 0.959 bits per heavy atom. The Hall–Kier alpha value is -4.59. The largest absolute Gasteiger partial charge is 0.755 e. The second-order valence-corrected chi connectivity index (χ2v) is 14.1. The van der Waals surface area contributed by atoms with Crippen LogP contribution in [0.1, 0.15) is 31.3 Å². The van der Waals surface area contributed by atoms with Crippen molar-refractivity contribution in [1.29, 1.82) is 0 Å². The third-order valence-electron chi connectivity index (χ3n) is 7.71. The van der Waals surface area contributed by atoms with E-state index in [0.29, 0.717) is 43.2 Å². The number of nitrogens with zero attached hydrogens (tertiary/aromatic N) is 2. The molecule has 0 fully saturated rings. The fraction of sp³-hybridized carbons (Fsp3) is 0.0833. The lowest BCUT2D eigenvalue weighted by atomic mass is 9.96. The van der Waals surface area contributed by atoms with Gasteiger partial charge in [-0.2, -0.15) is 0 Å².